The van der Waals surface area contributed by atoms with E-state index in [0.717, 1.165) is 23.9 Å². The molecule has 0 aliphatic carbocycles. The van der Waals surface area contributed by atoms with Crippen LogP contribution in [-0.4, -0.2) is 68.1 Å². The molecule has 5 nitrogen and oxygen atoms in total. The van der Waals surface area contributed by atoms with Gasteiger partial charge in [-0.1, -0.05) is 51.4 Å². The molecule has 0 aromatic rings. The Hall–Kier alpha value is -1.54. The predicted octanol–water partition coefficient (Wildman–Crippen LogP) is 2.98. The summed E-state index contributed by atoms with van der Waals surface area (Å²) >= 11 is 0. The highest BCUT2D eigenvalue weighted by molar-refractivity contribution is 5.85. The summed E-state index contributed by atoms with van der Waals surface area (Å²) in [5.41, 5.74) is 0. The number of rotatable bonds is 11. The number of likely N-dealkylation sites (tertiary alicyclic amines) is 1. The molecule has 0 aromatic carbocycles. The molecule has 0 spiro atoms. The standard InChI is InChI=1S/C21H37N2O3/c1-5-6-7-8-9-10-11-14-20(24)26-19-15-17-22(21(19)25)16-12-13-18-23(2,3)4/h19H,5-11,14-18H2,1-4H3/q+1. The van der Waals surface area contributed by atoms with Crippen molar-refractivity contribution in [3.8, 4) is 11.8 Å². The predicted molar refractivity (Wildman–Crippen MR) is 104 cm³/mol. The number of quaternary nitrogens is 1. The van der Waals surface area contributed by atoms with Crippen molar-refractivity contribution in [1.29, 1.82) is 0 Å². The van der Waals surface area contributed by atoms with Gasteiger partial charge in [0.25, 0.3) is 5.91 Å². The normalized spacial score (nSPS) is 17.2. The molecule has 1 heterocycles. The molecule has 1 saturated heterocycles. The fourth-order valence-corrected chi connectivity index (χ4v) is 2.87. The lowest BCUT2D eigenvalue weighted by Gasteiger charge is -2.20. The summed E-state index contributed by atoms with van der Waals surface area (Å²) < 4.78 is 6.16. The van der Waals surface area contributed by atoms with Crippen LogP contribution in [0.5, 0.6) is 0 Å². The maximum Gasteiger partial charge on any atom is 0.306 e. The maximum absolute atomic E-state index is 12.3. The van der Waals surface area contributed by atoms with Crippen LogP contribution < -0.4 is 0 Å². The van der Waals surface area contributed by atoms with Crippen LogP contribution in [0.4, 0.5) is 0 Å². The molecule has 1 fully saturated rings. The van der Waals surface area contributed by atoms with Gasteiger partial charge in [-0.15, -0.1) is 0 Å². The SMILES string of the molecule is CCCCCCCCCC(=O)OC1CCN(CC#CC[N+](C)(C)C)C1=O. The van der Waals surface area contributed by atoms with Crippen molar-refractivity contribution in [2.24, 2.45) is 0 Å². The van der Waals surface area contributed by atoms with Crippen molar-refractivity contribution in [3.63, 3.8) is 0 Å². The number of nitrogens with zero attached hydrogens (tertiary/aromatic N) is 2. The number of esters is 1. The zero-order chi connectivity index (χ0) is 19.4. The highest BCUT2D eigenvalue weighted by Gasteiger charge is 2.33. The first-order valence-electron chi connectivity index (χ1n) is 10.1. The molecule has 0 saturated carbocycles. The van der Waals surface area contributed by atoms with E-state index in [1.54, 1.807) is 4.90 Å². The van der Waals surface area contributed by atoms with Crippen LogP contribution >= 0.6 is 0 Å². The van der Waals surface area contributed by atoms with Gasteiger partial charge in [0.2, 0.25) is 0 Å². The van der Waals surface area contributed by atoms with E-state index in [-0.39, 0.29) is 11.9 Å². The van der Waals surface area contributed by atoms with E-state index in [1.807, 2.05) is 0 Å². The Morgan fingerprint density at radius 3 is 2.42 bits per heavy atom. The molecule has 1 aliphatic rings. The molecule has 1 aliphatic heterocycles. The van der Waals surface area contributed by atoms with Crippen LogP contribution in [0, 0.1) is 11.8 Å². The second-order valence-electron chi connectivity index (χ2n) is 8.20. The third kappa shape index (κ3) is 9.82. The van der Waals surface area contributed by atoms with E-state index >= 15 is 0 Å². The van der Waals surface area contributed by atoms with Gasteiger partial charge >= 0.3 is 5.97 Å². The fourth-order valence-electron chi connectivity index (χ4n) is 2.87. The van der Waals surface area contributed by atoms with Crippen molar-refractivity contribution in [1.82, 2.24) is 4.90 Å². The first kappa shape index (κ1) is 22.5. The van der Waals surface area contributed by atoms with Gasteiger partial charge in [0, 0.05) is 19.4 Å². The Morgan fingerprint density at radius 1 is 1.12 bits per heavy atom. The maximum atomic E-state index is 12.3. The van der Waals surface area contributed by atoms with Crippen LogP contribution in [0.2, 0.25) is 0 Å². The molecular weight excluding hydrogens is 328 g/mol. The van der Waals surface area contributed by atoms with Gasteiger partial charge in [-0.25, -0.2) is 0 Å². The Bertz CT molecular complexity index is 500. The first-order valence-corrected chi connectivity index (χ1v) is 10.1. The molecule has 148 valence electrons. The highest BCUT2D eigenvalue weighted by atomic mass is 16.5. The quantitative estimate of drug-likeness (QED) is 0.245. The molecular formula is C21H37N2O3+. The average Bonchev–Trinajstić information content (AvgIpc) is 2.90. The molecule has 5 heteroatoms. The summed E-state index contributed by atoms with van der Waals surface area (Å²) in [4.78, 5) is 25.9. The van der Waals surface area contributed by atoms with E-state index in [4.69, 9.17) is 4.74 Å². The number of ether oxygens (including phenoxy) is 1. The number of carbonyl (C=O) groups is 2. The second kappa shape index (κ2) is 12.0. The minimum atomic E-state index is -0.604. The van der Waals surface area contributed by atoms with Gasteiger partial charge < -0.3 is 14.1 Å². The van der Waals surface area contributed by atoms with Crippen LogP contribution in [0.3, 0.4) is 0 Å². The van der Waals surface area contributed by atoms with E-state index in [0.29, 0.717) is 25.9 Å². The summed E-state index contributed by atoms with van der Waals surface area (Å²) in [7, 11) is 6.24. The largest absolute Gasteiger partial charge is 0.452 e. The Labute approximate surface area is 159 Å². The van der Waals surface area contributed by atoms with Crippen LogP contribution in [0.15, 0.2) is 0 Å². The van der Waals surface area contributed by atoms with Crippen molar-refractivity contribution >= 4 is 11.9 Å². The molecule has 1 rings (SSSR count). The van der Waals surface area contributed by atoms with Gasteiger partial charge in [0.05, 0.1) is 27.7 Å². The van der Waals surface area contributed by atoms with Crippen LogP contribution in [0.25, 0.3) is 0 Å². The summed E-state index contributed by atoms with van der Waals surface area (Å²) in [5, 5.41) is 0. The molecule has 0 N–H and O–H groups in total. The molecule has 1 atom stereocenters. The third-order valence-corrected chi connectivity index (χ3v) is 4.45. The minimum Gasteiger partial charge on any atom is -0.452 e. The van der Waals surface area contributed by atoms with Gasteiger partial charge in [0.1, 0.15) is 6.54 Å². The van der Waals surface area contributed by atoms with E-state index in [9.17, 15) is 9.59 Å². The average molecular weight is 366 g/mol. The second-order valence-corrected chi connectivity index (χ2v) is 8.20. The molecule has 26 heavy (non-hydrogen) atoms. The Kier molecular flexibility index (Phi) is 10.3. The molecule has 1 amide bonds. The summed E-state index contributed by atoms with van der Waals surface area (Å²) in [6.07, 6.45) is 8.56. The van der Waals surface area contributed by atoms with E-state index < -0.39 is 6.10 Å². The fraction of sp³-hybridized carbons (Fsp3) is 0.810. The topological polar surface area (TPSA) is 46.6 Å². The third-order valence-electron chi connectivity index (χ3n) is 4.45. The number of carbonyl (C=O) groups excluding carboxylic acids is 2. The lowest BCUT2D eigenvalue weighted by molar-refractivity contribution is -0.862. The van der Waals surface area contributed by atoms with E-state index in [2.05, 4.69) is 39.9 Å². The van der Waals surface area contributed by atoms with Crippen LogP contribution in [0.1, 0.15) is 64.7 Å². The Morgan fingerprint density at radius 2 is 1.77 bits per heavy atom. The number of unbranched alkanes of at least 4 members (excludes halogenated alkanes) is 6. The van der Waals surface area contributed by atoms with Gasteiger partial charge in [-0.05, 0) is 12.3 Å². The van der Waals surface area contributed by atoms with Crippen LogP contribution in [-0.2, 0) is 14.3 Å². The Balaban J connectivity index is 2.19. The molecule has 1 unspecified atom stereocenters. The summed E-state index contributed by atoms with van der Waals surface area (Å²) in [5.74, 6) is 5.81. The lowest BCUT2D eigenvalue weighted by Crippen LogP contribution is -2.35. The lowest BCUT2D eigenvalue weighted by atomic mass is 10.1. The molecule has 0 aromatic heterocycles. The smallest absolute Gasteiger partial charge is 0.306 e. The summed E-state index contributed by atoms with van der Waals surface area (Å²) in [6, 6.07) is 0. The van der Waals surface area contributed by atoms with E-state index in [1.165, 1.54) is 32.1 Å². The number of amides is 1. The van der Waals surface area contributed by atoms with Crippen molar-refractivity contribution < 1.29 is 18.8 Å². The van der Waals surface area contributed by atoms with Gasteiger partial charge in [-0.3, -0.25) is 9.59 Å². The van der Waals surface area contributed by atoms with Crippen molar-refractivity contribution in [3.05, 3.63) is 0 Å². The zero-order valence-electron chi connectivity index (χ0n) is 17.2. The first-order chi connectivity index (χ1) is 12.3. The highest BCUT2D eigenvalue weighted by Crippen LogP contribution is 2.16. The minimum absolute atomic E-state index is 0.0996. The van der Waals surface area contributed by atoms with Gasteiger partial charge in [-0.2, -0.15) is 0 Å². The van der Waals surface area contributed by atoms with Gasteiger partial charge in [0.15, 0.2) is 6.10 Å². The number of hydrogen-bond acceptors (Lipinski definition) is 3. The van der Waals surface area contributed by atoms with Crippen molar-refractivity contribution in [2.45, 2.75) is 70.8 Å². The molecule has 0 bridgehead atoms. The summed E-state index contributed by atoms with van der Waals surface area (Å²) in [6.45, 7) is 4.00. The molecule has 0 radical (unpaired) electrons. The zero-order valence-corrected chi connectivity index (χ0v) is 17.2. The monoisotopic (exact) mass is 365 g/mol. The van der Waals surface area contributed by atoms with Crippen molar-refractivity contribution in [2.75, 3.05) is 40.8 Å². The number of hydrogen-bond donors (Lipinski definition) is 0.